The zero-order chi connectivity index (χ0) is 13.2. The fourth-order valence-corrected chi connectivity index (χ4v) is 3.28. The van der Waals surface area contributed by atoms with Gasteiger partial charge in [0.25, 0.3) is 0 Å². The summed E-state index contributed by atoms with van der Waals surface area (Å²) in [5.74, 6) is 0.605. The van der Waals surface area contributed by atoms with E-state index in [2.05, 4.69) is 16.8 Å². The quantitative estimate of drug-likeness (QED) is 0.817. The third-order valence-corrected chi connectivity index (χ3v) is 4.60. The van der Waals surface area contributed by atoms with E-state index in [-0.39, 0.29) is 5.82 Å². The molecule has 1 saturated heterocycles. The Bertz CT molecular complexity index is 559. The van der Waals surface area contributed by atoms with Crippen LogP contribution < -0.4 is 4.90 Å². The minimum absolute atomic E-state index is 0.202. The molecule has 0 unspecified atom stereocenters. The molecule has 1 aromatic heterocycles. The van der Waals surface area contributed by atoms with E-state index in [0.717, 1.165) is 29.8 Å². The Kier molecular flexibility index (Phi) is 3.51. The molecule has 2 aromatic rings. The van der Waals surface area contributed by atoms with Crippen LogP contribution in [0.4, 0.5) is 9.52 Å². The first kappa shape index (κ1) is 12.6. The summed E-state index contributed by atoms with van der Waals surface area (Å²) in [4.78, 5) is 6.91. The monoisotopic (exact) mass is 276 g/mol. The number of anilines is 1. The van der Waals surface area contributed by atoms with Gasteiger partial charge < -0.3 is 4.90 Å². The van der Waals surface area contributed by atoms with Crippen LogP contribution in [-0.2, 0) is 0 Å². The molecule has 0 amide bonds. The van der Waals surface area contributed by atoms with Gasteiger partial charge in [0.05, 0.1) is 5.69 Å². The van der Waals surface area contributed by atoms with Crippen LogP contribution in [0.25, 0.3) is 11.3 Å². The fraction of sp³-hybridized carbons (Fsp3) is 0.400. The van der Waals surface area contributed by atoms with Gasteiger partial charge in [-0.3, -0.25) is 0 Å². The molecule has 1 aromatic carbocycles. The van der Waals surface area contributed by atoms with E-state index in [9.17, 15) is 4.39 Å². The molecule has 1 fully saturated rings. The van der Waals surface area contributed by atoms with Crippen LogP contribution in [0.5, 0.6) is 0 Å². The summed E-state index contributed by atoms with van der Waals surface area (Å²) in [5, 5.41) is 2.97. The van der Waals surface area contributed by atoms with Crippen LogP contribution >= 0.6 is 11.3 Å². The largest absolute Gasteiger partial charge is 0.348 e. The van der Waals surface area contributed by atoms with E-state index in [1.165, 1.54) is 18.9 Å². The number of hydrogen-bond donors (Lipinski definition) is 0. The van der Waals surface area contributed by atoms with Gasteiger partial charge in [-0.2, -0.15) is 0 Å². The topological polar surface area (TPSA) is 16.1 Å². The van der Waals surface area contributed by atoms with Crippen molar-refractivity contribution in [3.63, 3.8) is 0 Å². The smallest absolute Gasteiger partial charge is 0.185 e. The zero-order valence-electron chi connectivity index (χ0n) is 11.0. The number of thiazole rings is 1. The summed E-state index contributed by atoms with van der Waals surface area (Å²) in [6, 6.07) is 6.82. The maximum Gasteiger partial charge on any atom is 0.185 e. The SMILES string of the molecule is CC1CCN(c2nc(-c3ccccc3F)cs2)CC1. The molecular weight excluding hydrogens is 259 g/mol. The lowest BCUT2D eigenvalue weighted by Crippen LogP contribution is -2.32. The predicted octanol–water partition coefficient (Wildman–Crippen LogP) is 4.19. The summed E-state index contributed by atoms with van der Waals surface area (Å²) in [5.41, 5.74) is 1.34. The Morgan fingerprint density at radius 2 is 2.00 bits per heavy atom. The molecule has 0 N–H and O–H groups in total. The highest BCUT2D eigenvalue weighted by atomic mass is 32.1. The van der Waals surface area contributed by atoms with Crippen molar-refractivity contribution in [3.05, 3.63) is 35.5 Å². The number of hydrogen-bond acceptors (Lipinski definition) is 3. The summed E-state index contributed by atoms with van der Waals surface area (Å²) >= 11 is 1.61. The van der Waals surface area contributed by atoms with Gasteiger partial charge in [0.15, 0.2) is 5.13 Å². The molecule has 2 heterocycles. The molecule has 0 aliphatic carbocycles. The molecule has 3 rings (SSSR count). The lowest BCUT2D eigenvalue weighted by molar-refractivity contribution is 0.438. The van der Waals surface area contributed by atoms with Crippen LogP contribution in [-0.4, -0.2) is 18.1 Å². The minimum Gasteiger partial charge on any atom is -0.348 e. The lowest BCUT2D eigenvalue weighted by Gasteiger charge is -2.29. The molecule has 0 radical (unpaired) electrons. The maximum absolute atomic E-state index is 13.7. The van der Waals surface area contributed by atoms with E-state index in [1.807, 2.05) is 11.4 Å². The zero-order valence-corrected chi connectivity index (χ0v) is 11.8. The van der Waals surface area contributed by atoms with Crippen LogP contribution in [0.2, 0.25) is 0 Å². The Balaban J connectivity index is 1.82. The van der Waals surface area contributed by atoms with Crippen molar-refractivity contribution in [3.8, 4) is 11.3 Å². The third-order valence-electron chi connectivity index (χ3n) is 3.70. The predicted molar refractivity (Wildman–Crippen MR) is 78.1 cm³/mol. The molecule has 0 saturated carbocycles. The molecule has 100 valence electrons. The molecule has 0 spiro atoms. The van der Waals surface area contributed by atoms with E-state index in [4.69, 9.17) is 0 Å². The molecule has 0 atom stereocenters. The maximum atomic E-state index is 13.7. The number of piperidine rings is 1. The molecule has 1 aliphatic heterocycles. The van der Waals surface area contributed by atoms with Crippen molar-refractivity contribution in [1.82, 2.24) is 4.98 Å². The second kappa shape index (κ2) is 5.29. The van der Waals surface area contributed by atoms with Gasteiger partial charge in [0.1, 0.15) is 5.82 Å². The number of rotatable bonds is 2. The molecule has 0 bridgehead atoms. The van der Waals surface area contributed by atoms with Crippen molar-refractivity contribution in [2.24, 2.45) is 5.92 Å². The number of benzene rings is 1. The van der Waals surface area contributed by atoms with E-state index >= 15 is 0 Å². The van der Waals surface area contributed by atoms with Crippen molar-refractivity contribution >= 4 is 16.5 Å². The molecule has 4 heteroatoms. The third kappa shape index (κ3) is 2.63. The number of aromatic nitrogens is 1. The average Bonchev–Trinajstić information content (AvgIpc) is 2.89. The Hall–Kier alpha value is -1.42. The van der Waals surface area contributed by atoms with E-state index < -0.39 is 0 Å². The summed E-state index contributed by atoms with van der Waals surface area (Å²) < 4.78 is 13.7. The van der Waals surface area contributed by atoms with Crippen molar-refractivity contribution < 1.29 is 4.39 Å². The first-order valence-electron chi connectivity index (χ1n) is 6.69. The standard InChI is InChI=1S/C15H17FN2S/c1-11-6-8-18(9-7-11)15-17-14(10-19-15)12-4-2-3-5-13(12)16/h2-5,10-11H,6-9H2,1H3. The first-order chi connectivity index (χ1) is 9.24. The Labute approximate surface area is 116 Å². The average molecular weight is 276 g/mol. The number of halogens is 1. The second-order valence-electron chi connectivity index (χ2n) is 5.16. The highest BCUT2D eigenvalue weighted by Gasteiger charge is 2.19. The van der Waals surface area contributed by atoms with Gasteiger partial charge in [-0.15, -0.1) is 11.3 Å². The number of nitrogens with zero attached hydrogens (tertiary/aromatic N) is 2. The minimum atomic E-state index is -0.202. The van der Waals surface area contributed by atoms with E-state index in [0.29, 0.717) is 5.56 Å². The first-order valence-corrected chi connectivity index (χ1v) is 7.57. The molecule has 19 heavy (non-hydrogen) atoms. The van der Waals surface area contributed by atoms with Crippen LogP contribution in [0.3, 0.4) is 0 Å². The van der Waals surface area contributed by atoms with Gasteiger partial charge in [-0.05, 0) is 30.9 Å². The fourth-order valence-electron chi connectivity index (χ4n) is 2.40. The van der Waals surface area contributed by atoms with Gasteiger partial charge in [0, 0.05) is 24.0 Å². The van der Waals surface area contributed by atoms with E-state index in [1.54, 1.807) is 23.5 Å². The Morgan fingerprint density at radius 1 is 1.26 bits per heavy atom. The highest BCUT2D eigenvalue weighted by Crippen LogP contribution is 2.31. The van der Waals surface area contributed by atoms with Crippen molar-refractivity contribution in [2.75, 3.05) is 18.0 Å². The second-order valence-corrected chi connectivity index (χ2v) is 6.00. The Morgan fingerprint density at radius 3 is 2.74 bits per heavy atom. The summed E-state index contributed by atoms with van der Waals surface area (Å²) in [7, 11) is 0. The molecule has 2 nitrogen and oxygen atoms in total. The van der Waals surface area contributed by atoms with Gasteiger partial charge in [-0.25, -0.2) is 9.37 Å². The van der Waals surface area contributed by atoms with Crippen LogP contribution in [0.1, 0.15) is 19.8 Å². The van der Waals surface area contributed by atoms with Crippen molar-refractivity contribution in [1.29, 1.82) is 0 Å². The summed E-state index contributed by atoms with van der Waals surface area (Å²) in [6.07, 6.45) is 2.43. The van der Waals surface area contributed by atoms with Gasteiger partial charge in [-0.1, -0.05) is 19.1 Å². The normalized spacial score (nSPS) is 16.8. The van der Waals surface area contributed by atoms with Crippen LogP contribution in [0.15, 0.2) is 29.6 Å². The van der Waals surface area contributed by atoms with Crippen LogP contribution in [0, 0.1) is 11.7 Å². The molecular formula is C15H17FN2S. The van der Waals surface area contributed by atoms with Gasteiger partial charge in [0.2, 0.25) is 0 Å². The highest BCUT2D eigenvalue weighted by molar-refractivity contribution is 7.14. The molecule has 1 aliphatic rings. The van der Waals surface area contributed by atoms with Gasteiger partial charge >= 0.3 is 0 Å². The summed E-state index contributed by atoms with van der Waals surface area (Å²) in [6.45, 7) is 4.42. The lowest BCUT2D eigenvalue weighted by atomic mass is 10.00. The van der Waals surface area contributed by atoms with Crippen molar-refractivity contribution in [2.45, 2.75) is 19.8 Å².